The van der Waals surface area contributed by atoms with Gasteiger partial charge in [0.15, 0.2) is 0 Å². The number of benzene rings is 1. The summed E-state index contributed by atoms with van der Waals surface area (Å²) in [6, 6.07) is 5.35. The number of amides is 2. The van der Waals surface area contributed by atoms with Crippen LogP contribution in [0.1, 0.15) is 27.7 Å². The first-order chi connectivity index (χ1) is 10.8. The van der Waals surface area contributed by atoms with Crippen LogP contribution in [0, 0.1) is 11.3 Å². The van der Waals surface area contributed by atoms with Gasteiger partial charge < -0.3 is 15.0 Å². The van der Waals surface area contributed by atoms with Crippen molar-refractivity contribution in [2.24, 2.45) is 11.3 Å². The molecule has 0 saturated heterocycles. The van der Waals surface area contributed by atoms with Gasteiger partial charge in [0.2, 0.25) is 11.8 Å². The normalized spacial score (nSPS) is 16.4. The molecule has 5 nitrogen and oxygen atoms in total. The minimum atomic E-state index is -0.622. The number of hydrogen-bond acceptors (Lipinski definition) is 3. The zero-order valence-electron chi connectivity index (χ0n) is 14.2. The topological polar surface area (TPSA) is 58.6 Å². The Kier molecular flexibility index (Phi) is 4.78. The average molecular weight is 316 g/mol. The maximum absolute atomic E-state index is 12.7. The van der Waals surface area contributed by atoms with E-state index < -0.39 is 5.41 Å². The largest absolute Gasteiger partial charge is 0.490 e. The van der Waals surface area contributed by atoms with Crippen LogP contribution < -0.4 is 15.0 Å². The van der Waals surface area contributed by atoms with Crippen LogP contribution in [0.3, 0.4) is 0 Å². The number of ether oxygens (including phenoxy) is 1. The van der Waals surface area contributed by atoms with Gasteiger partial charge in [-0.3, -0.25) is 9.59 Å². The summed E-state index contributed by atoms with van der Waals surface area (Å²) in [6.45, 7) is 11.8. The summed E-state index contributed by atoms with van der Waals surface area (Å²) in [7, 11) is 0. The lowest BCUT2D eigenvalue weighted by Gasteiger charge is -2.27. The lowest BCUT2D eigenvalue weighted by atomic mass is 9.93. The Hall–Kier alpha value is -2.30. The molecule has 1 N–H and O–H groups in total. The van der Waals surface area contributed by atoms with E-state index in [1.165, 1.54) is 0 Å². The number of hydrogen-bond donors (Lipinski definition) is 1. The van der Waals surface area contributed by atoms with E-state index in [4.69, 9.17) is 4.74 Å². The molecule has 0 bridgehead atoms. The molecule has 0 saturated carbocycles. The lowest BCUT2D eigenvalue weighted by molar-refractivity contribution is -0.127. The predicted octanol–water partition coefficient (Wildman–Crippen LogP) is 3.22. The lowest BCUT2D eigenvalue weighted by Crippen LogP contribution is -2.42. The quantitative estimate of drug-likeness (QED) is 0.868. The van der Waals surface area contributed by atoms with E-state index in [2.05, 4.69) is 11.9 Å². The number of nitrogens with one attached hydrogen (secondary N) is 1. The Labute approximate surface area is 137 Å². The van der Waals surface area contributed by atoms with Gasteiger partial charge in [-0.25, -0.2) is 0 Å². The van der Waals surface area contributed by atoms with E-state index in [1.54, 1.807) is 29.2 Å². The molecule has 23 heavy (non-hydrogen) atoms. The van der Waals surface area contributed by atoms with Gasteiger partial charge in [0.05, 0.1) is 11.1 Å². The summed E-state index contributed by atoms with van der Waals surface area (Å²) in [6.07, 6.45) is 1.69. The van der Waals surface area contributed by atoms with Crippen LogP contribution in [0.15, 0.2) is 30.9 Å². The van der Waals surface area contributed by atoms with E-state index in [0.717, 1.165) is 0 Å². The molecular weight excluding hydrogens is 292 g/mol. The molecule has 1 aliphatic rings. The molecule has 2 amide bonds. The number of anilines is 2. The summed E-state index contributed by atoms with van der Waals surface area (Å²) >= 11 is 0. The maximum Gasteiger partial charge on any atom is 0.236 e. The molecular formula is C18H24N2O3. The number of nitrogens with zero attached hydrogens (tertiary/aromatic N) is 1. The molecule has 0 unspecified atom stereocenters. The molecule has 0 aromatic heterocycles. The molecule has 124 valence electrons. The van der Waals surface area contributed by atoms with Gasteiger partial charge in [0.25, 0.3) is 0 Å². The molecule has 1 heterocycles. The summed E-state index contributed by atoms with van der Waals surface area (Å²) in [4.78, 5) is 26.2. The highest BCUT2D eigenvalue weighted by Crippen LogP contribution is 2.38. The Morgan fingerprint density at radius 2 is 2.17 bits per heavy atom. The van der Waals surface area contributed by atoms with Gasteiger partial charge >= 0.3 is 0 Å². The molecule has 0 fully saturated rings. The Morgan fingerprint density at radius 3 is 2.78 bits per heavy atom. The summed E-state index contributed by atoms with van der Waals surface area (Å²) in [5, 5.41) is 2.85. The fourth-order valence-corrected chi connectivity index (χ4v) is 2.32. The van der Waals surface area contributed by atoms with Crippen LogP contribution in [0.25, 0.3) is 0 Å². The number of carbonyl (C=O) groups is 2. The van der Waals surface area contributed by atoms with E-state index in [1.807, 2.05) is 27.7 Å². The second-order valence-corrected chi connectivity index (χ2v) is 6.70. The third kappa shape index (κ3) is 3.55. The van der Waals surface area contributed by atoms with Crippen molar-refractivity contribution in [2.75, 3.05) is 23.4 Å². The van der Waals surface area contributed by atoms with Crippen molar-refractivity contribution in [2.45, 2.75) is 27.7 Å². The summed E-state index contributed by atoms with van der Waals surface area (Å²) in [5.41, 5.74) is 0.736. The van der Waals surface area contributed by atoms with Crippen molar-refractivity contribution in [3.8, 4) is 5.75 Å². The van der Waals surface area contributed by atoms with Crippen LogP contribution in [0.2, 0.25) is 0 Å². The molecule has 5 heteroatoms. The standard InChI is InChI=1S/C18H24N2O3/c1-6-9-20-14-8-7-13(19-16(21)12(2)3)10-15(14)23-11-18(4,5)17(20)22/h6-8,10,12H,1,9,11H2,2-5H3,(H,19,21). The van der Waals surface area contributed by atoms with Crippen molar-refractivity contribution < 1.29 is 14.3 Å². The second-order valence-electron chi connectivity index (χ2n) is 6.70. The Balaban J connectivity index is 2.39. The highest BCUT2D eigenvalue weighted by Gasteiger charge is 2.37. The SMILES string of the molecule is C=CCN1C(=O)C(C)(C)COc2cc(NC(=O)C(C)C)ccc21. The van der Waals surface area contributed by atoms with Crippen LogP contribution in [0.4, 0.5) is 11.4 Å². The monoisotopic (exact) mass is 316 g/mol. The summed E-state index contributed by atoms with van der Waals surface area (Å²) in [5.74, 6) is 0.424. The van der Waals surface area contributed by atoms with E-state index in [0.29, 0.717) is 23.7 Å². The van der Waals surface area contributed by atoms with Gasteiger partial charge in [-0.1, -0.05) is 19.9 Å². The predicted molar refractivity (Wildman–Crippen MR) is 91.7 cm³/mol. The zero-order valence-corrected chi connectivity index (χ0v) is 14.2. The molecule has 1 aliphatic heterocycles. The van der Waals surface area contributed by atoms with Crippen LogP contribution in [0.5, 0.6) is 5.75 Å². The van der Waals surface area contributed by atoms with Crippen LogP contribution >= 0.6 is 0 Å². The van der Waals surface area contributed by atoms with Crippen molar-refractivity contribution in [3.63, 3.8) is 0 Å². The smallest absolute Gasteiger partial charge is 0.236 e. The molecule has 0 atom stereocenters. The maximum atomic E-state index is 12.7. The third-order valence-corrected chi connectivity index (χ3v) is 3.77. The van der Waals surface area contributed by atoms with Gasteiger partial charge in [0, 0.05) is 24.2 Å². The Morgan fingerprint density at radius 1 is 1.48 bits per heavy atom. The van der Waals surface area contributed by atoms with Crippen LogP contribution in [-0.4, -0.2) is 25.0 Å². The first kappa shape index (κ1) is 17.1. The van der Waals surface area contributed by atoms with Crippen LogP contribution in [-0.2, 0) is 9.59 Å². The van der Waals surface area contributed by atoms with Gasteiger partial charge in [0.1, 0.15) is 12.4 Å². The first-order valence-corrected chi connectivity index (χ1v) is 7.77. The zero-order chi connectivity index (χ0) is 17.2. The molecule has 1 aromatic rings. The fraction of sp³-hybridized carbons (Fsp3) is 0.444. The van der Waals surface area contributed by atoms with E-state index in [9.17, 15) is 9.59 Å². The van der Waals surface area contributed by atoms with E-state index in [-0.39, 0.29) is 24.3 Å². The fourth-order valence-electron chi connectivity index (χ4n) is 2.32. The Bertz CT molecular complexity index is 635. The highest BCUT2D eigenvalue weighted by atomic mass is 16.5. The van der Waals surface area contributed by atoms with E-state index >= 15 is 0 Å². The molecule has 0 radical (unpaired) electrons. The van der Waals surface area contributed by atoms with Gasteiger partial charge in [-0.2, -0.15) is 0 Å². The molecule has 2 rings (SSSR count). The minimum Gasteiger partial charge on any atom is -0.490 e. The molecule has 1 aromatic carbocycles. The number of carbonyl (C=O) groups excluding carboxylic acids is 2. The van der Waals surface area contributed by atoms with Crippen molar-refractivity contribution in [1.82, 2.24) is 0 Å². The van der Waals surface area contributed by atoms with Crippen molar-refractivity contribution in [3.05, 3.63) is 30.9 Å². The molecule has 0 spiro atoms. The average Bonchev–Trinajstić information content (AvgIpc) is 2.58. The van der Waals surface area contributed by atoms with Gasteiger partial charge in [-0.15, -0.1) is 6.58 Å². The minimum absolute atomic E-state index is 0.00452. The van der Waals surface area contributed by atoms with Crippen molar-refractivity contribution >= 4 is 23.2 Å². The number of fused-ring (bicyclic) bond motifs is 1. The summed E-state index contributed by atoms with van der Waals surface area (Å²) < 4.78 is 5.85. The molecule has 0 aliphatic carbocycles. The van der Waals surface area contributed by atoms with Crippen molar-refractivity contribution in [1.29, 1.82) is 0 Å². The highest BCUT2D eigenvalue weighted by molar-refractivity contribution is 6.00. The third-order valence-electron chi connectivity index (χ3n) is 3.77. The first-order valence-electron chi connectivity index (χ1n) is 7.77. The van der Waals surface area contributed by atoms with Gasteiger partial charge in [-0.05, 0) is 26.0 Å². The second kappa shape index (κ2) is 6.44. The number of rotatable bonds is 4.